The molecule has 0 bridgehead atoms. The number of anilines is 5. The molecule has 2 heterocycles. The van der Waals surface area contributed by atoms with Gasteiger partial charge in [-0.2, -0.15) is 0 Å². The molecule has 1 atom stereocenters. The van der Waals surface area contributed by atoms with Crippen molar-refractivity contribution in [2.24, 2.45) is 0 Å². The number of hydrogen-bond donors (Lipinski definition) is 0. The molecule has 3 aliphatic rings. The molecule has 0 spiro atoms. The van der Waals surface area contributed by atoms with Gasteiger partial charge in [-0.25, -0.2) is 0 Å². The van der Waals surface area contributed by atoms with Crippen molar-refractivity contribution in [1.82, 2.24) is 0 Å². The minimum absolute atomic E-state index is 0.163. The van der Waals surface area contributed by atoms with E-state index in [1.807, 2.05) is 12.1 Å². The molecular formula is C71H48N2O2. The van der Waals surface area contributed by atoms with Gasteiger partial charge in [0.05, 0.1) is 17.1 Å². The third-order valence-electron chi connectivity index (χ3n) is 15.8. The Labute approximate surface area is 436 Å². The molecular weight excluding hydrogens is 913 g/mol. The monoisotopic (exact) mass is 960 g/mol. The molecule has 2 aliphatic carbocycles. The van der Waals surface area contributed by atoms with E-state index in [-0.39, 0.29) is 6.04 Å². The quantitative estimate of drug-likeness (QED) is 0.144. The largest absolute Gasteiger partial charge is 0.456 e. The van der Waals surface area contributed by atoms with E-state index in [4.69, 9.17) is 9.15 Å². The number of hydrogen-bond acceptors (Lipinski definition) is 4. The number of furan rings is 1. The topological polar surface area (TPSA) is 28.9 Å². The molecule has 0 fully saturated rings. The molecule has 1 aromatic heterocycles. The van der Waals surface area contributed by atoms with E-state index < -0.39 is 5.41 Å². The standard InChI is InChI=1S/C71H48N2O2/c1-5-20-49(21-6-1)71(50-22-7-2-8-23-50)64-33-15-13-28-58(64)59-41-39-54(44-65(59)71)73(53-37-35-47(36-38-53)57-30-18-32-63-60-29-14-16-34-66(60)75-70(57)63)56-43-48-19-17-31-62-61-42-40-55(45-67(61)74-68(46-56)69(48)62)72(51-24-9-3-10-25-51)52-26-11-4-12-27-52/h1-26,28-46,52H,27H2. The number of benzene rings is 11. The highest BCUT2D eigenvalue weighted by Gasteiger charge is 2.46. The van der Waals surface area contributed by atoms with Crippen LogP contribution in [0.25, 0.3) is 66.1 Å². The minimum Gasteiger partial charge on any atom is -0.456 e. The molecule has 15 rings (SSSR count). The van der Waals surface area contributed by atoms with Gasteiger partial charge >= 0.3 is 0 Å². The van der Waals surface area contributed by atoms with Crippen LogP contribution in [0.1, 0.15) is 28.7 Å². The average Bonchev–Trinajstić information content (AvgIpc) is 4.02. The summed E-state index contributed by atoms with van der Waals surface area (Å²) in [6.07, 6.45) is 9.74. The van der Waals surface area contributed by atoms with Gasteiger partial charge in [0.2, 0.25) is 0 Å². The maximum absolute atomic E-state index is 7.24. The number of para-hydroxylation sites is 3. The van der Waals surface area contributed by atoms with E-state index >= 15 is 0 Å². The second-order valence-corrected chi connectivity index (χ2v) is 19.9. The first-order chi connectivity index (χ1) is 37.2. The smallest absolute Gasteiger partial charge is 0.143 e. The lowest BCUT2D eigenvalue weighted by Gasteiger charge is -2.35. The predicted octanol–water partition coefficient (Wildman–Crippen LogP) is 19.0. The van der Waals surface area contributed by atoms with Crippen LogP contribution in [0.2, 0.25) is 0 Å². The fourth-order valence-corrected chi connectivity index (χ4v) is 12.6. The Hall–Kier alpha value is -9.64. The highest BCUT2D eigenvalue weighted by molar-refractivity contribution is 6.10. The number of rotatable bonds is 9. The lowest BCUT2D eigenvalue weighted by atomic mass is 9.67. The van der Waals surface area contributed by atoms with Gasteiger partial charge in [0.15, 0.2) is 0 Å². The SMILES string of the molecule is C1=CCC(N(c2ccccc2)c2ccc3c(c2)Oc2cc(N(c4ccc(-c5cccc6c5oc5ccccc56)cc4)c4ccc5c(c4)C(c4ccccc4)(c4ccccc4)c4ccccc4-5)cc4cccc-3c24)C=C1. The lowest BCUT2D eigenvalue weighted by molar-refractivity contribution is 0.487. The van der Waals surface area contributed by atoms with E-state index in [0.29, 0.717) is 0 Å². The van der Waals surface area contributed by atoms with E-state index in [0.717, 1.165) is 101 Å². The van der Waals surface area contributed by atoms with E-state index in [1.165, 1.54) is 33.4 Å². The lowest BCUT2D eigenvalue weighted by Crippen LogP contribution is -2.29. The molecule has 4 nitrogen and oxygen atoms in total. The second-order valence-electron chi connectivity index (χ2n) is 19.9. The first-order valence-electron chi connectivity index (χ1n) is 25.9. The van der Waals surface area contributed by atoms with Crippen molar-refractivity contribution >= 4 is 61.1 Å². The molecule has 354 valence electrons. The van der Waals surface area contributed by atoms with Crippen LogP contribution in [0.3, 0.4) is 0 Å². The van der Waals surface area contributed by atoms with E-state index in [1.54, 1.807) is 0 Å². The van der Waals surface area contributed by atoms with Gasteiger partial charge in [-0.15, -0.1) is 0 Å². The van der Waals surface area contributed by atoms with Gasteiger partial charge in [0.25, 0.3) is 0 Å². The summed E-state index contributed by atoms with van der Waals surface area (Å²) in [7, 11) is 0. The van der Waals surface area contributed by atoms with Crippen molar-refractivity contribution in [3.05, 3.63) is 295 Å². The van der Waals surface area contributed by atoms with E-state index in [9.17, 15) is 0 Å². The second kappa shape index (κ2) is 17.3. The fourth-order valence-electron chi connectivity index (χ4n) is 12.6. The van der Waals surface area contributed by atoms with Crippen molar-refractivity contribution in [1.29, 1.82) is 0 Å². The first-order valence-corrected chi connectivity index (χ1v) is 25.9. The number of allylic oxidation sites excluding steroid dienone is 2. The summed E-state index contributed by atoms with van der Waals surface area (Å²) in [5.74, 6) is 1.66. The van der Waals surface area contributed by atoms with Gasteiger partial charge in [-0.05, 0) is 117 Å². The van der Waals surface area contributed by atoms with Crippen molar-refractivity contribution in [2.75, 3.05) is 9.80 Å². The molecule has 0 radical (unpaired) electrons. The maximum Gasteiger partial charge on any atom is 0.143 e. The van der Waals surface area contributed by atoms with Crippen molar-refractivity contribution < 1.29 is 9.15 Å². The molecule has 0 N–H and O–H groups in total. The van der Waals surface area contributed by atoms with Crippen LogP contribution < -0.4 is 14.5 Å². The van der Waals surface area contributed by atoms with Gasteiger partial charge in [-0.3, -0.25) is 0 Å². The molecule has 1 aliphatic heterocycles. The van der Waals surface area contributed by atoms with Gasteiger partial charge in [0.1, 0.15) is 22.7 Å². The van der Waals surface area contributed by atoms with Crippen LogP contribution >= 0.6 is 0 Å². The maximum atomic E-state index is 7.24. The number of ether oxygens (including phenoxy) is 1. The molecule has 11 aromatic carbocycles. The van der Waals surface area contributed by atoms with Gasteiger partial charge in [-0.1, -0.05) is 200 Å². The highest BCUT2D eigenvalue weighted by atomic mass is 16.5. The Kier molecular flexibility index (Phi) is 9.89. The molecule has 0 amide bonds. The van der Waals surface area contributed by atoms with E-state index in [2.05, 4.69) is 271 Å². The van der Waals surface area contributed by atoms with Gasteiger partial charge in [0, 0.05) is 62.2 Å². The highest BCUT2D eigenvalue weighted by Crippen LogP contribution is 2.58. The number of nitrogens with zero attached hydrogens (tertiary/aromatic N) is 2. The molecule has 75 heavy (non-hydrogen) atoms. The summed E-state index contributed by atoms with van der Waals surface area (Å²) < 4.78 is 13.8. The predicted molar refractivity (Wildman–Crippen MR) is 309 cm³/mol. The zero-order valence-corrected chi connectivity index (χ0v) is 41.0. The Morgan fingerprint density at radius 3 is 1.85 bits per heavy atom. The minimum atomic E-state index is -0.572. The Morgan fingerprint density at radius 1 is 0.413 bits per heavy atom. The Morgan fingerprint density at radius 2 is 1.05 bits per heavy atom. The summed E-state index contributed by atoms with van der Waals surface area (Å²) in [6.45, 7) is 0. The van der Waals surface area contributed by atoms with Crippen molar-refractivity contribution in [3.63, 3.8) is 0 Å². The summed E-state index contributed by atoms with van der Waals surface area (Å²) in [6, 6.07) is 90.6. The summed E-state index contributed by atoms with van der Waals surface area (Å²) >= 11 is 0. The first kappa shape index (κ1) is 43.0. The molecule has 0 saturated heterocycles. The summed E-state index contributed by atoms with van der Waals surface area (Å²) in [5, 5.41) is 4.44. The summed E-state index contributed by atoms with van der Waals surface area (Å²) in [4.78, 5) is 4.83. The number of fused-ring (bicyclic) bond motifs is 8. The third-order valence-corrected chi connectivity index (χ3v) is 15.8. The Balaban J connectivity index is 0.919. The van der Waals surface area contributed by atoms with Crippen LogP contribution in [0.4, 0.5) is 28.4 Å². The zero-order valence-electron chi connectivity index (χ0n) is 41.0. The molecule has 0 saturated carbocycles. The molecule has 4 heteroatoms. The van der Waals surface area contributed by atoms with Crippen molar-refractivity contribution in [3.8, 4) is 44.9 Å². The zero-order chi connectivity index (χ0) is 49.5. The molecule has 1 unspecified atom stereocenters. The van der Waals surface area contributed by atoms with Crippen LogP contribution in [0, 0.1) is 0 Å². The molecule has 12 aromatic rings. The van der Waals surface area contributed by atoms with Crippen LogP contribution in [-0.2, 0) is 5.41 Å². The fraction of sp³-hybridized carbons (Fsp3) is 0.0423. The van der Waals surface area contributed by atoms with Crippen molar-refractivity contribution in [2.45, 2.75) is 17.9 Å². The summed E-state index contributed by atoms with van der Waals surface area (Å²) in [5.41, 5.74) is 18.3. The average molecular weight is 961 g/mol. The van der Waals surface area contributed by atoms with Crippen LogP contribution in [0.15, 0.2) is 277 Å². The Bertz CT molecular complexity index is 4210. The van der Waals surface area contributed by atoms with Crippen LogP contribution in [-0.4, -0.2) is 6.04 Å². The third kappa shape index (κ3) is 6.76. The normalized spacial score (nSPS) is 14.6. The van der Waals surface area contributed by atoms with Gasteiger partial charge < -0.3 is 19.0 Å². The van der Waals surface area contributed by atoms with Crippen LogP contribution in [0.5, 0.6) is 11.5 Å².